The van der Waals surface area contributed by atoms with Crippen LogP contribution in [0.4, 0.5) is 14.5 Å². The van der Waals surface area contributed by atoms with Gasteiger partial charge in [0.1, 0.15) is 0 Å². The van der Waals surface area contributed by atoms with E-state index in [1.54, 1.807) is 16.8 Å². The molecule has 0 amide bonds. The fourth-order valence-corrected chi connectivity index (χ4v) is 3.20. The van der Waals surface area contributed by atoms with Crippen molar-refractivity contribution in [1.82, 2.24) is 30.4 Å². The number of tetrazole rings is 1. The zero-order valence-corrected chi connectivity index (χ0v) is 15.1. The molecule has 28 heavy (non-hydrogen) atoms. The molecule has 0 spiro atoms. The molecule has 2 aromatic heterocycles. The fourth-order valence-electron chi connectivity index (χ4n) is 3.20. The molecule has 0 unspecified atom stereocenters. The lowest BCUT2D eigenvalue weighted by molar-refractivity contribution is 0.0330. The lowest BCUT2D eigenvalue weighted by atomic mass is 10.0. The maximum absolute atomic E-state index is 14.7. The number of benzene rings is 2. The maximum Gasteiger partial charge on any atom is 0.335 e. The van der Waals surface area contributed by atoms with E-state index in [-0.39, 0.29) is 5.56 Å². The summed E-state index contributed by atoms with van der Waals surface area (Å²) in [4.78, 5) is 3.51. The van der Waals surface area contributed by atoms with Crippen molar-refractivity contribution in [3.05, 3.63) is 76.0 Å². The van der Waals surface area contributed by atoms with E-state index in [4.69, 9.17) is 6.57 Å². The molecule has 4 rings (SSSR count). The summed E-state index contributed by atoms with van der Waals surface area (Å²) in [5.41, 5.74) is 3.40. The van der Waals surface area contributed by atoms with E-state index in [0.717, 1.165) is 22.2 Å². The van der Waals surface area contributed by atoms with Crippen LogP contribution in [-0.4, -0.2) is 30.4 Å². The Labute approximate surface area is 158 Å². The van der Waals surface area contributed by atoms with Gasteiger partial charge >= 0.3 is 5.92 Å². The SMILES string of the molecule is [C-]#[N+]c1cccc(Cn2nc(C)c3ccc(C(F)(F)c4nn[nH]n4)cc32)c1C. The minimum absolute atomic E-state index is 0.241. The number of hydrogen-bond donors (Lipinski definition) is 1. The number of hydrogen-bond acceptors (Lipinski definition) is 4. The van der Waals surface area contributed by atoms with Crippen LogP contribution in [0.25, 0.3) is 15.7 Å². The normalized spacial score (nSPS) is 11.7. The Morgan fingerprint density at radius 1 is 1.21 bits per heavy atom. The average molecular weight is 379 g/mol. The number of aromatic nitrogens is 6. The number of halogens is 2. The van der Waals surface area contributed by atoms with Crippen LogP contribution in [0.1, 0.15) is 28.2 Å². The first-order valence-electron chi connectivity index (χ1n) is 8.47. The molecule has 2 aromatic carbocycles. The highest BCUT2D eigenvalue weighted by Gasteiger charge is 2.39. The first kappa shape index (κ1) is 17.7. The van der Waals surface area contributed by atoms with Gasteiger partial charge in [-0.2, -0.15) is 19.1 Å². The topological polar surface area (TPSA) is 76.6 Å². The summed E-state index contributed by atoms with van der Waals surface area (Å²) in [5, 5.41) is 17.4. The van der Waals surface area contributed by atoms with Crippen LogP contribution in [0.15, 0.2) is 36.4 Å². The minimum Gasteiger partial charge on any atom is -0.260 e. The molecule has 0 aliphatic rings. The lowest BCUT2D eigenvalue weighted by Gasteiger charge is -2.13. The zero-order chi connectivity index (χ0) is 19.9. The number of rotatable bonds is 4. The van der Waals surface area contributed by atoms with Gasteiger partial charge in [0.2, 0.25) is 5.82 Å². The number of nitrogens with one attached hydrogen (secondary N) is 1. The Hall–Kier alpha value is -3.67. The zero-order valence-electron chi connectivity index (χ0n) is 15.1. The highest BCUT2D eigenvalue weighted by molar-refractivity contribution is 5.83. The highest BCUT2D eigenvalue weighted by Crippen LogP contribution is 2.35. The van der Waals surface area contributed by atoms with Gasteiger partial charge in [0.15, 0.2) is 5.69 Å². The molecule has 0 aliphatic heterocycles. The van der Waals surface area contributed by atoms with Crippen molar-refractivity contribution in [3.63, 3.8) is 0 Å². The number of aromatic amines is 1. The molecule has 140 valence electrons. The van der Waals surface area contributed by atoms with E-state index in [0.29, 0.717) is 17.7 Å². The van der Waals surface area contributed by atoms with Gasteiger partial charge in [-0.1, -0.05) is 30.3 Å². The van der Waals surface area contributed by atoms with Crippen LogP contribution in [0.2, 0.25) is 0 Å². The molecule has 9 heteroatoms. The van der Waals surface area contributed by atoms with Crippen molar-refractivity contribution in [2.45, 2.75) is 26.3 Å². The summed E-state index contributed by atoms with van der Waals surface area (Å²) in [7, 11) is 0. The van der Waals surface area contributed by atoms with Gasteiger partial charge in [0, 0.05) is 10.9 Å². The van der Waals surface area contributed by atoms with E-state index < -0.39 is 11.7 Å². The number of alkyl halides is 2. The van der Waals surface area contributed by atoms with Crippen LogP contribution in [0.3, 0.4) is 0 Å². The number of nitrogens with zero attached hydrogens (tertiary/aromatic N) is 6. The fraction of sp³-hybridized carbons (Fsp3) is 0.211. The van der Waals surface area contributed by atoms with E-state index >= 15 is 0 Å². The molecule has 2 heterocycles. The van der Waals surface area contributed by atoms with Gasteiger partial charge in [0.25, 0.3) is 0 Å². The minimum atomic E-state index is -3.38. The second kappa shape index (κ2) is 6.49. The van der Waals surface area contributed by atoms with Crippen LogP contribution < -0.4 is 0 Å². The molecule has 0 radical (unpaired) electrons. The highest BCUT2D eigenvalue weighted by atomic mass is 19.3. The molecule has 0 saturated carbocycles. The molecule has 0 atom stereocenters. The molecule has 4 aromatic rings. The Morgan fingerprint density at radius 2 is 2.04 bits per heavy atom. The molecule has 1 N–H and O–H groups in total. The Morgan fingerprint density at radius 3 is 2.75 bits per heavy atom. The summed E-state index contributed by atoms with van der Waals surface area (Å²) in [6, 6.07) is 9.85. The van der Waals surface area contributed by atoms with Crippen molar-refractivity contribution in [1.29, 1.82) is 0 Å². The Kier molecular flexibility index (Phi) is 4.11. The molecule has 0 saturated heterocycles. The molecule has 0 fully saturated rings. The third kappa shape index (κ3) is 2.79. The monoisotopic (exact) mass is 379 g/mol. The van der Waals surface area contributed by atoms with E-state index in [1.807, 2.05) is 26.0 Å². The van der Waals surface area contributed by atoms with Gasteiger partial charge in [-0.15, -0.1) is 10.2 Å². The average Bonchev–Trinajstić information content (AvgIpc) is 3.33. The van der Waals surface area contributed by atoms with Crippen molar-refractivity contribution >= 4 is 16.6 Å². The van der Waals surface area contributed by atoms with E-state index in [9.17, 15) is 8.78 Å². The first-order chi connectivity index (χ1) is 13.4. The molecule has 0 bridgehead atoms. The summed E-state index contributed by atoms with van der Waals surface area (Å²) in [5.74, 6) is -4.07. The second-order valence-corrected chi connectivity index (χ2v) is 6.46. The Balaban J connectivity index is 1.81. The van der Waals surface area contributed by atoms with E-state index in [1.165, 1.54) is 12.1 Å². The van der Waals surface area contributed by atoms with Crippen molar-refractivity contribution < 1.29 is 8.78 Å². The molecular formula is C19H15F2N7. The number of H-pyrrole nitrogens is 1. The summed E-state index contributed by atoms with van der Waals surface area (Å²) in [6.07, 6.45) is 0. The van der Waals surface area contributed by atoms with Crippen molar-refractivity contribution in [2.24, 2.45) is 0 Å². The molecule has 0 aliphatic carbocycles. The smallest absolute Gasteiger partial charge is 0.260 e. The first-order valence-corrected chi connectivity index (χ1v) is 8.47. The summed E-state index contributed by atoms with van der Waals surface area (Å²) >= 11 is 0. The van der Waals surface area contributed by atoms with Gasteiger partial charge in [-0.25, -0.2) is 4.85 Å². The van der Waals surface area contributed by atoms with Crippen LogP contribution in [0, 0.1) is 20.4 Å². The van der Waals surface area contributed by atoms with Crippen molar-refractivity contribution in [2.75, 3.05) is 0 Å². The molecular weight excluding hydrogens is 364 g/mol. The van der Waals surface area contributed by atoms with Gasteiger partial charge in [-0.3, -0.25) is 4.68 Å². The number of aryl methyl sites for hydroxylation is 1. The molecule has 7 nitrogen and oxygen atoms in total. The van der Waals surface area contributed by atoms with Crippen molar-refractivity contribution in [3.8, 4) is 0 Å². The van der Waals surface area contributed by atoms with Gasteiger partial charge < -0.3 is 0 Å². The van der Waals surface area contributed by atoms with Gasteiger partial charge in [-0.05, 0) is 36.3 Å². The van der Waals surface area contributed by atoms with Gasteiger partial charge in [0.05, 0.1) is 24.3 Å². The quantitative estimate of drug-likeness (QED) is 0.546. The lowest BCUT2D eigenvalue weighted by Crippen LogP contribution is -2.17. The largest absolute Gasteiger partial charge is 0.335 e. The van der Waals surface area contributed by atoms with E-state index in [2.05, 4.69) is 30.6 Å². The predicted octanol–water partition coefficient (Wildman–Crippen LogP) is 3.91. The summed E-state index contributed by atoms with van der Waals surface area (Å²) < 4.78 is 31.1. The third-order valence-corrected chi connectivity index (χ3v) is 4.78. The van der Waals surface area contributed by atoms with Crippen LogP contribution >= 0.6 is 0 Å². The van der Waals surface area contributed by atoms with Crippen LogP contribution in [-0.2, 0) is 12.5 Å². The second-order valence-electron chi connectivity index (χ2n) is 6.46. The maximum atomic E-state index is 14.7. The standard InChI is InChI=1S/C19H15F2N7/c1-11-13(5-4-6-16(11)22-3)10-28-17-9-14(7-8-15(17)12(2)25-28)19(20,21)18-23-26-27-24-18/h4-9H,10H2,1-2H3,(H,23,24,26,27). The predicted molar refractivity (Wildman–Crippen MR) is 98.2 cm³/mol. The third-order valence-electron chi connectivity index (χ3n) is 4.78. The number of fused-ring (bicyclic) bond motifs is 1. The van der Waals surface area contributed by atoms with Crippen LogP contribution in [0.5, 0.6) is 0 Å². The Bertz CT molecular complexity index is 1200. The summed E-state index contributed by atoms with van der Waals surface area (Å²) in [6.45, 7) is 11.3.